The Labute approximate surface area is 130 Å². The number of carbonyl (C=O) groups excluding carboxylic acids is 1. The summed E-state index contributed by atoms with van der Waals surface area (Å²) in [6.45, 7) is 3.60. The fourth-order valence-electron chi connectivity index (χ4n) is 2.20. The van der Waals surface area contributed by atoms with Crippen LogP contribution in [0.1, 0.15) is 17.3 Å². The second-order valence-electron chi connectivity index (χ2n) is 4.68. The molecule has 0 aromatic heterocycles. The summed E-state index contributed by atoms with van der Waals surface area (Å²) in [5, 5.41) is 3.15. The van der Waals surface area contributed by atoms with E-state index in [1.807, 2.05) is 6.92 Å². The molecule has 118 valence electrons. The number of nitrogens with one attached hydrogen (secondary N) is 1. The number of hydrogen-bond acceptors (Lipinski definition) is 5. The molecule has 1 aromatic rings. The van der Waals surface area contributed by atoms with E-state index in [0.29, 0.717) is 25.2 Å². The molecule has 0 amide bonds. The summed E-state index contributed by atoms with van der Waals surface area (Å²) < 4.78 is 31.1. The van der Waals surface area contributed by atoms with Gasteiger partial charge in [0, 0.05) is 25.7 Å². The number of hydrogen-bond donors (Lipinski definition) is 1. The summed E-state index contributed by atoms with van der Waals surface area (Å²) in [5.41, 5.74) is 0.333. The lowest BCUT2D eigenvalue weighted by molar-refractivity contribution is 0.0600. The minimum atomic E-state index is -3.52. The molecule has 6 nitrogen and oxygen atoms in total. The van der Waals surface area contributed by atoms with Crippen molar-refractivity contribution >= 4 is 28.4 Å². The first-order valence-corrected chi connectivity index (χ1v) is 7.82. The van der Waals surface area contributed by atoms with E-state index in [9.17, 15) is 13.2 Å². The predicted octanol–water partition coefficient (Wildman–Crippen LogP) is 0.877. The highest BCUT2D eigenvalue weighted by Crippen LogP contribution is 2.20. The third-order valence-electron chi connectivity index (χ3n) is 3.32. The van der Waals surface area contributed by atoms with Crippen LogP contribution in [0.15, 0.2) is 29.2 Å². The Morgan fingerprint density at radius 1 is 1.33 bits per heavy atom. The number of benzene rings is 1. The molecule has 0 bridgehead atoms. The van der Waals surface area contributed by atoms with Gasteiger partial charge in [-0.1, -0.05) is 0 Å². The van der Waals surface area contributed by atoms with Gasteiger partial charge in [0.15, 0.2) is 0 Å². The summed E-state index contributed by atoms with van der Waals surface area (Å²) >= 11 is 0. The Bertz CT molecular complexity index is 589. The van der Waals surface area contributed by atoms with Crippen LogP contribution in [0.25, 0.3) is 0 Å². The maximum Gasteiger partial charge on any atom is 0.337 e. The van der Waals surface area contributed by atoms with Crippen LogP contribution in [0.3, 0.4) is 0 Å². The SMILES string of the molecule is COC(=O)c1ccc(S(=O)(=O)N2CCNC[C@@H]2C)cc1.Cl. The quantitative estimate of drug-likeness (QED) is 0.830. The third kappa shape index (κ3) is 3.74. The Kier molecular flexibility index (Phi) is 6.15. The van der Waals surface area contributed by atoms with Gasteiger partial charge in [0.2, 0.25) is 10.0 Å². The molecule has 2 rings (SSSR count). The van der Waals surface area contributed by atoms with Crippen LogP contribution in [-0.2, 0) is 14.8 Å². The fourth-order valence-corrected chi connectivity index (χ4v) is 3.83. The first kappa shape index (κ1) is 17.9. The molecule has 0 spiro atoms. The van der Waals surface area contributed by atoms with Gasteiger partial charge in [0.25, 0.3) is 0 Å². The van der Waals surface area contributed by atoms with Gasteiger partial charge in [-0.3, -0.25) is 0 Å². The monoisotopic (exact) mass is 334 g/mol. The lowest BCUT2D eigenvalue weighted by Gasteiger charge is -2.32. The lowest BCUT2D eigenvalue weighted by atomic mass is 10.2. The first-order valence-electron chi connectivity index (χ1n) is 6.38. The average molecular weight is 335 g/mol. The predicted molar refractivity (Wildman–Crippen MR) is 81.3 cm³/mol. The number of rotatable bonds is 3. The Morgan fingerprint density at radius 2 is 1.95 bits per heavy atom. The van der Waals surface area contributed by atoms with E-state index >= 15 is 0 Å². The molecule has 0 saturated carbocycles. The van der Waals surface area contributed by atoms with Crippen LogP contribution in [0.4, 0.5) is 0 Å². The van der Waals surface area contributed by atoms with E-state index < -0.39 is 16.0 Å². The molecule has 0 unspecified atom stereocenters. The van der Waals surface area contributed by atoms with Crippen molar-refractivity contribution in [3.63, 3.8) is 0 Å². The van der Waals surface area contributed by atoms with Crippen molar-refractivity contribution < 1.29 is 17.9 Å². The fraction of sp³-hybridized carbons (Fsp3) is 0.462. The maximum absolute atomic E-state index is 12.5. The van der Waals surface area contributed by atoms with Crippen molar-refractivity contribution in [2.45, 2.75) is 17.9 Å². The molecule has 1 N–H and O–H groups in total. The van der Waals surface area contributed by atoms with E-state index in [0.717, 1.165) is 0 Å². The average Bonchev–Trinajstić information content (AvgIpc) is 2.47. The molecule has 0 aliphatic carbocycles. The number of piperazine rings is 1. The van der Waals surface area contributed by atoms with Crippen LogP contribution < -0.4 is 5.32 Å². The van der Waals surface area contributed by atoms with E-state index in [1.165, 1.54) is 35.7 Å². The molecule has 1 saturated heterocycles. The molecular weight excluding hydrogens is 316 g/mol. The first-order chi connectivity index (χ1) is 9.46. The van der Waals surface area contributed by atoms with Crippen LogP contribution in [0, 0.1) is 0 Å². The maximum atomic E-state index is 12.5. The lowest BCUT2D eigenvalue weighted by Crippen LogP contribution is -2.52. The van der Waals surface area contributed by atoms with E-state index in [4.69, 9.17) is 0 Å². The number of methoxy groups -OCH3 is 1. The molecule has 1 aliphatic rings. The minimum Gasteiger partial charge on any atom is -0.465 e. The van der Waals surface area contributed by atoms with Crippen LogP contribution >= 0.6 is 12.4 Å². The van der Waals surface area contributed by atoms with Crippen molar-refractivity contribution in [2.24, 2.45) is 0 Å². The summed E-state index contributed by atoms with van der Waals surface area (Å²) in [5.74, 6) is -0.482. The highest BCUT2D eigenvalue weighted by atomic mass is 35.5. The highest BCUT2D eigenvalue weighted by molar-refractivity contribution is 7.89. The minimum absolute atomic E-state index is 0. The zero-order valence-electron chi connectivity index (χ0n) is 11.9. The van der Waals surface area contributed by atoms with Crippen LogP contribution in [0.5, 0.6) is 0 Å². The second-order valence-corrected chi connectivity index (χ2v) is 6.58. The van der Waals surface area contributed by atoms with E-state index in [1.54, 1.807) is 0 Å². The van der Waals surface area contributed by atoms with Gasteiger partial charge in [0.1, 0.15) is 0 Å². The molecule has 1 fully saturated rings. The molecule has 8 heteroatoms. The molecule has 1 aromatic carbocycles. The zero-order valence-corrected chi connectivity index (χ0v) is 13.5. The van der Waals surface area contributed by atoms with Crippen molar-refractivity contribution in [2.75, 3.05) is 26.7 Å². The largest absolute Gasteiger partial charge is 0.465 e. The molecule has 1 heterocycles. The van der Waals surface area contributed by atoms with Crippen molar-refractivity contribution in [3.8, 4) is 0 Å². The van der Waals surface area contributed by atoms with Crippen LogP contribution in [0.2, 0.25) is 0 Å². The Balaban J connectivity index is 0.00000220. The highest BCUT2D eigenvalue weighted by Gasteiger charge is 2.30. The van der Waals surface area contributed by atoms with Crippen molar-refractivity contribution in [1.82, 2.24) is 9.62 Å². The molecule has 1 atom stereocenters. The topological polar surface area (TPSA) is 75.7 Å². The molecular formula is C13H19ClN2O4S. The van der Waals surface area contributed by atoms with Crippen molar-refractivity contribution in [1.29, 1.82) is 0 Å². The van der Waals surface area contributed by atoms with Gasteiger partial charge in [-0.25, -0.2) is 13.2 Å². The number of nitrogens with zero attached hydrogens (tertiary/aromatic N) is 1. The van der Waals surface area contributed by atoms with Gasteiger partial charge in [-0.2, -0.15) is 4.31 Å². The van der Waals surface area contributed by atoms with Gasteiger partial charge in [0.05, 0.1) is 17.6 Å². The van der Waals surface area contributed by atoms with Gasteiger partial charge >= 0.3 is 5.97 Å². The van der Waals surface area contributed by atoms with E-state index in [2.05, 4.69) is 10.1 Å². The van der Waals surface area contributed by atoms with Crippen LogP contribution in [-0.4, -0.2) is 51.5 Å². The number of halogens is 1. The summed E-state index contributed by atoms with van der Waals surface area (Å²) in [4.78, 5) is 11.5. The third-order valence-corrected chi connectivity index (χ3v) is 5.35. The van der Waals surface area contributed by atoms with Gasteiger partial charge < -0.3 is 10.1 Å². The normalized spacial score (nSPS) is 19.6. The number of esters is 1. The van der Waals surface area contributed by atoms with Gasteiger partial charge in [-0.05, 0) is 31.2 Å². The molecule has 0 radical (unpaired) electrons. The summed E-state index contributed by atoms with van der Waals surface area (Å²) in [6, 6.07) is 5.72. The zero-order chi connectivity index (χ0) is 14.8. The number of carbonyl (C=O) groups is 1. The summed E-state index contributed by atoms with van der Waals surface area (Å²) in [7, 11) is -2.23. The Hall–Kier alpha value is -1.15. The van der Waals surface area contributed by atoms with Gasteiger partial charge in [-0.15, -0.1) is 12.4 Å². The Morgan fingerprint density at radius 3 is 2.48 bits per heavy atom. The van der Waals surface area contributed by atoms with E-state index in [-0.39, 0.29) is 23.3 Å². The summed E-state index contributed by atoms with van der Waals surface area (Å²) in [6.07, 6.45) is 0. The standard InChI is InChI=1S/C13H18N2O4S.ClH/c1-10-9-14-7-8-15(10)20(17,18)12-5-3-11(4-6-12)13(16)19-2;/h3-6,10,14H,7-9H2,1-2H3;1H/t10-;/m0./s1. The second kappa shape index (κ2) is 7.22. The molecule has 21 heavy (non-hydrogen) atoms. The van der Waals surface area contributed by atoms with Crippen molar-refractivity contribution in [3.05, 3.63) is 29.8 Å². The molecule has 1 aliphatic heterocycles. The number of sulfonamides is 1. The number of ether oxygens (including phenoxy) is 1. The smallest absolute Gasteiger partial charge is 0.337 e.